The molecule has 0 atom stereocenters. The molecule has 0 spiro atoms. The van der Waals surface area contributed by atoms with Gasteiger partial charge in [-0.05, 0) is 57.5 Å². The highest BCUT2D eigenvalue weighted by molar-refractivity contribution is 6.00. The molecule has 7 nitrogen and oxygen atoms in total. The van der Waals surface area contributed by atoms with Crippen LogP contribution in [0.3, 0.4) is 0 Å². The molecule has 0 saturated heterocycles. The first-order chi connectivity index (χ1) is 14.3. The van der Waals surface area contributed by atoms with E-state index in [1.165, 1.54) is 0 Å². The molecule has 0 aromatic heterocycles. The van der Waals surface area contributed by atoms with Gasteiger partial charge in [-0.2, -0.15) is 0 Å². The SMILES string of the molecule is CCOc1ccc(C(=O)NCC(=O)OCC(=O)c2cc(C)ccc2C)cc1OCC. The van der Waals surface area contributed by atoms with Crippen LogP contribution in [-0.4, -0.2) is 44.0 Å². The average molecular weight is 413 g/mol. The maximum absolute atomic E-state index is 12.3. The highest BCUT2D eigenvalue weighted by Crippen LogP contribution is 2.28. The van der Waals surface area contributed by atoms with Gasteiger partial charge in [0, 0.05) is 11.1 Å². The summed E-state index contributed by atoms with van der Waals surface area (Å²) in [5.41, 5.74) is 2.60. The van der Waals surface area contributed by atoms with Crippen molar-refractivity contribution in [1.29, 1.82) is 0 Å². The van der Waals surface area contributed by atoms with Crippen molar-refractivity contribution in [3.8, 4) is 11.5 Å². The molecule has 0 heterocycles. The molecule has 160 valence electrons. The zero-order valence-corrected chi connectivity index (χ0v) is 17.7. The van der Waals surface area contributed by atoms with Gasteiger partial charge in [0.15, 0.2) is 18.1 Å². The van der Waals surface area contributed by atoms with Crippen molar-refractivity contribution in [2.75, 3.05) is 26.4 Å². The summed E-state index contributed by atoms with van der Waals surface area (Å²) in [7, 11) is 0. The Balaban J connectivity index is 1.89. The van der Waals surface area contributed by atoms with Crippen molar-refractivity contribution in [2.45, 2.75) is 27.7 Å². The van der Waals surface area contributed by atoms with E-state index in [1.54, 1.807) is 24.3 Å². The molecule has 30 heavy (non-hydrogen) atoms. The molecule has 2 aromatic rings. The number of benzene rings is 2. The number of aryl methyl sites for hydroxylation is 2. The van der Waals surface area contributed by atoms with Gasteiger partial charge in [0.25, 0.3) is 5.91 Å². The lowest BCUT2D eigenvalue weighted by Gasteiger charge is -2.12. The molecule has 0 saturated carbocycles. The predicted octanol–water partition coefficient (Wildman–Crippen LogP) is 3.26. The molecule has 0 unspecified atom stereocenters. The summed E-state index contributed by atoms with van der Waals surface area (Å²) in [5.74, 6) is -0.451. The number of ether oxygens (including phenoxy) is 3. The maximum Gasteiger partial charge on any atom is 0.325 e. The first kappa shape index (κ1) is 22.9. The Hall–Kier alpha value is -3.35. The highest BCUT2D eigenvalue weighted by atomic mass is 16.5. The predicted molar refractivity (Wildman–Crippen MR) is 112 cm³/mol. The topological polar surface area (TPSA) is 90.9 Å². The summed E-state index contributed by atoms with van der Waals surface area (Å²) in [4.78, 5) is 36.6. The van der Waals surface area contributed by atoms with Crippen LogP contribution < -0.4 is 14.8 Å². The van der Waals surface area contributed by atoms with Crippen molar-refractivity contribution < 1.29 is 28.6 Å². The molecule has 0 bridgehead atoms. The molecule has 0 radical (unpaired) electrons. The molecule has 2 aromatic carbocycles. The minimum atomic E-state index is -0.696. The molecule has 7 heteroatoms. The lowest BCUT2D eigenvalue weighted by Crippen LogP contribution is -2.31. The Labute approximate surface area is 176 Å². The van der Waals surface area contributed by atoms with E-state index in [1.807, 2.05) is 39.8 Å². The third kappa shape index (κ3) is 6.34. The molecular weight excluding hydrogens is 386 g/mol. The lowest BCUT2D eigenvalue weighted by atomic mass is 10.0. The fourth-order valence-electron chi connectivity index (χ4n) is 2.76. The molecule has 0 fully saturated rings. The van der Waals surface area contributed by atoms with Crippen molar-refractivity contribution >= 4 is 17.7 Å². The zero-order valence-electron chi connectivity index (χ0n) is 17.7. The fourth-order valence-corrected chi connectivity index (χ4v) is 2.76. The number of carbonyl (C=O) groups is 3. The summed E-state index contributed by atoms with van der Waals surface area (Å²) < 4.78 is 16.0. The largest absolute Gasteiger partial charge is 0.490 e. The van der Waals surface area contributed by atoms with Crippen LogP contribution in [-0.2, 0) is 9.53 Å². The van der Waals surface area contributed by atoms with Crippen molar-refractivity contribution in [3.05, 3.63) is 58.7 Å². The Kier molecular flexibility index (Phi) is 8.41. The van der Waals surface area contributed by atoms with Gasteiger partial charge in [-0.3, -0.25) is 14.4 Å². The van der Waals surface area contributed by atoms with Crippen LogP contribution in [0.2, 0.25) is 0 Å². The minimum Gasteiger partial charge on any atom is -0.490 e. The normalized spacial score (nSPS) is 10.3. The second kappa shape index (κ2) is 11.0. The summed E-state index contributed by atoms with van der Waals surface area (Å²) in [5, 5.41) is 2.48. The average Bonchev–Trinajstić information content (AvgIpc) is 2.73. The van der Waals surface area contributed by atoms with E-state index in [4.69, 9.17) is 14.2 Å². The standard InChI is InChI=1S/C23H27NO6/c1-5-28-20-10-9-17(12-21(20)29-6-2)23(27)24-13-22(26)30-14-19(25)18-11-15(3)7-8-16(18)4/h7-12H,5-6,13-14H2,1-4H3,(H,24,27). The van der Waals surface area contributed by atoms with E-state index in [0.717, 1.165) is 11.1 Å². The molecule has 0 aliphatic heterocycles. The van der Waals surface area contributed by atoms with Crippen molar-refractivity contribution in [3.63, 3.8) is 0 Å². The van der Waals surface area contributed by atoms with Crippen LogP contribution in [0, 0.1) is 13.8 Å². The van der Waals surface area contributed by atoms with Crippen LogP contribution in [0.5, 0.6) is 11.5 Å². The number of hydrogen-bond donors (Lipinski definition) is 1. The summed E-state index contributed by atoms with van der Waals surface area (Å²) in [6, 6.07) is 10.3. The van der Waals surface area contributed by atoms with E-state index >= 15 is 0 Å². The van der Waals surface area contributed by atoms with Gasteiger partial charge in [-0.15, -0.1) is 0 Å². The van der Waals surface area contributed by atoms with Gasteiger partial charge in [-0.25, -0.2) is 0 Å². The van der Waals surface area contributed by atoms with E-state index in [2.05, 4.69) is 5.32 Å². The molecule has 1 amide bonds. The zero-order chi connectivity index (χ0) is 22.1. The molecule has 0 aliphatic rings. The first-order valence-electron chi connectivity index (χ1n) is 9.79. The number of rotatable bonds is 10. The summed E-state index contributed by atoms with van der Waals surface area (Å²) >= 11 is 0. The number of esters is 1. The van der Waals surface area contributed by atoms with E-state index in [-0.39, 0.29) is 18.9 Å². The van der Waals surface area contributed by atoms with E-state index < -0.39 is 11.9 Å². The number of hydrogen-bond acceptors (Lipinski definition) is 6. The highest BCUT2D eigenvalue weighted by Gasteiger charge is 2.15. The van der Waals surface area contributed by atoms with Crippen LogP contribution >= 0.6 is 0 Å². The number of Topliss-reactive ketones (excluding diaryl/α,β-unsaturated/α-hetero) is 1. The lowest BCUT2D eigenvalue weighted by molar-refractivity contribution is -0.141. The Morgan fingerprint density at radius 1 is 0.900 bits per heavy atom. The Morgan fingerprint density at radius 2 is 1.60 bits per heavy atom. The molecule has 0 aliphatic carbocycles. The molecule has 1 N–H and O–H groups in total. The van der Waals surface area contributed by atoms with Crippen LogP contribution in [0.25, 0.3) is 0 Å². The number of carbonyl (C=O) groups excluding carboxylic acids is 3. The van der Waals surface area contributed by atoms with Crippen LogP contribution in [0.1, 0.15) is 45.7 Å². The van der Waals surface area contributed by atoms with Gasteiger partial charge < -0.3 is 19.5 Å². The monoisotopic (exact) mass is 413 g/mol. The van der Waals surface area contributed by atoms with Crippen molar-refractivity contribution in [2.24, 2.45) is 0 Å². The van der Waals surface area contributed by atoms with Gasteiger partial charge in [0.2, 0.25) is 5.78 Å². The quantitative estimate of drug-likeness (QED) is 0.475. The number of nitrogens with one attached hydrogen (secondary N) is 1. The maximum atomic E-state index is 12.3. The Bertz CT molecular complexity index is 922. The van der Waals surface area contributed by atoms with Crippen LogP contribution in [0.4, 0.5) is 0 Å². The third-order valence-electron chi connectivity index (χ3n) is 4.26. The second-order valence-electron chi connectivity index (χ2n) is 6.61. The van der Waals surface area contributed by atoms with Gasteiger partial charge in [0.05, 0.1) is 13.2 Å². The van der Waals surface area contributed by atoms with Gasteiger partial charge in [0.1, 0.15) is 6.54 Å². The van der Waals surface area contributed by atoms with Gasteiger partial charge >= 0.3 is 5.97 Å². The second-order valence-corrected chi connectivity index (χ2v) is 6.61. The summed E-state index contributed by atoms with van der Waals surface area (Å²) in [6.45, 7) is 7.56. The van der Waals surface area contributed by atoms with Gasteiger partial charge in [-0.1, -0.05) is 17.7 Å². The first-order valence-corrected chi connectivity index (χ1v) is 9.79. The minimum absolute atomic E-state index is 0.288. The van der Waals surface area contributed by atoms with E-state index in [9.17, 15) is 14.4 Å². The number of amides is 1. The summed E-state index contributed by atoms with van der Waals surface area (Å²) in [6.07, 6.45) is 0. The van der Waals surface area contributed by atoms with Crippen LogP contribution in [0.15, 0.2) is 36.4 Å². The smallest absolute Gasteiger partial charge is 0.325 e. The van der Waals surface area contributed by atoms with Crippen molar-refractivity contribution in [1.82, 2.24) is 5.32 Å². The number of ketones is 1. The Morgan fingerprint density at radius 3 is 2.30 bits per heavy atom. The molecule has 2 rings (SSSR count). The van der Waals surface area contributed by atoms with E-state index in [0.29, 0.717) is 35.8 Å². The third-order valence-corrected chi connectivity index (χ3v) is 4.26. The molecular formula is C23H27NO6. The fraction of sp³-hybridized carbons (Fsp3) is 0.348.